The third kappa shape index (κ3) is 3.44. The topological polar surface area (TPSA) is 8.17 Å². The van der Waals surface area contributed by atoms with E-state index in [0.717, 1.165) is 13.1 Å². The summed E-state index contributed by atoms with van der Waals surface area (Å²) in [5.74, 6) is 0. The summed E-state index contributed by atoms with van der Waals surface area (Å²) in [6, 6.07) is 4.00. The van der Waals surface area contributed by atoms with Gasteiger partial charge in [-0.1, -0.05) is 26.7 Å². The fourth-order valence-electron chi connectivity index (χ4n) is 1.47. The SMILES string of the molecule is CCCCN(CCCC)n1[c]ccc1. The van der Waals surface area contributed by atoms with Crippen LogP contribution < -0.4 is 5.01 Å². The Bertz CT molecular complexity index is 208. The van der Waals surface area contributed by atoms with Gasteiger partial charge in [-0.3, -0.25) is 4.68 Å². The standard InChI is InChI=1S/C12H21N2/c1-3-5-9-13(10-6-4-2)14-11-7-8-12-14/h7-8,11H,3-6,9-10H2,1-2H3. The fraction of sp³-hybridized carbons (Fsp3) is 0.667. The van der Waals surface area contributed by atoms with Gasteiger partial charge in [-0.25, -0.2) is 0 Å². The summed E-state index contributed by atoms with van der Waals surface area (Å²) < 4.78 is 2.09. The van der Waals surface area contributed by atoms with Crippen LogP contribution in [0.15, 0.2) is 18.3 Å². The Hall–Kier alpha value is -0.920. The molecule has 0 aromatic carbocycles. The molecule has 0 bridgehead atoms. The zero-order valence-electron chi connectivity index (χ0n) is 9.37. The second-order valence-corrected chi connectivity index (χ2v) is 3.64. The molecule has 0 fully saturated rings. The minimum atomic E-state index is 1.14. The molecule has 79 valence electrons. The Morgan fingerprint density at radius 2 is 1.79 bits per heavy atom. The zero-order valence-corrected chi connectivity index (χ0v) is 9.37. The van der Waals surface area contributed by atoms with Crippen LogP contribution in [0, 0.1) is 6.20 Å². The molecule has 1 radical (unpaired) electrons. The lowest BCUT2D eigenvalue weighted by Gasteiger charge is -2.25. The molecule has 0 spiro atoms. The second kappa shape index (κ2) is 6.52. The number of unbranched alkanes of at least 4 members (excludes halogenated alkanes) is 2. The third-order valence-corrected chi connectivity index (χ3v) is 2.37. The van der Waals surface area contributed by atoms with E-state index in [1.807, 2.05) is 12.1 Å². The Balaban J connectivity index is 2.44. The highest BCUT2D eigenvalue weighted by atomic mass is 15.5. The van der Waals surface area contributed by atoms with Crippen molar-refractivity contribution in [1.29, 1.82) is 0 Å². The Labute approximate surface area is 87.5 Å². The molecule has 0 atom stereocenters. The summed E-state index contributed by atoms with van der Waals surface area (Å²) in [6.07, 6.45) is 10.3. The van der Waals surface area contributed by atoms with E-state index in [0.29, 0.717) is 0 Å². The van der Waals surface area contributed by atoms with Crippen LogP contribution in [0.2, 0.25) is 0 Å². The van der Waals surface area contributed by atoms with Crippen molar-refractivity contribution in [2.45, 2.75) is 39.5 Å². The maximum Gasteiger partial charge on any atom is 0.0878 e. The van der Waals surface area contributed by atoms with E-state index in [2.05, 4.69) is 35.9 Å². The summed E-state index contributed by atoms with van der Waals surface area (Å²) in [5, 5.41) is 2.37. The highest BCUT2D eigenvalue weighted by molar-refractivity contribution is 4.95. The summed E-state index contributed by atoms with van der Waals surface area (Å²) in [4.78, 5) is 0. The van der Waals surface area contributed by atoms with Crippen LogP contribution in [0.3, 0.4) is 0 Å². The van der Waals surface area contributed by atoms with Crippen LogP contribution >= 0.6 is 0 Å². The van der Waals surface area contributed by atoms with E-state index in [1.54, 1.807) is 0 Å². The van der Waals surface area contributed by atoms with E-state index >= 15 is 0 Å². The Morgan fingerprint density at radius 1 is 1.14 bits per heavy atom. The lowest BCUT2D eigenvalue weighted by molar-refractivity contribution is 0.542. The van der Waals surface area contributed by atoms with E-state index in [9.17, 15) is 0 Å². The Kier molecular flexibility index (Phi) is 5.20. The molecule has 0 aliphatic carbocycles. The first-order chi connectivity index (χ1) is 6.88. The summed E-state index contributed by atoms with van der Waals surface area (Å²) in [7, 11) is 0. The van der Waals surface area contributed by atoms with Gasteiger partial charge in [-0.15, -0.1) is 0 Å². The van der Waals surface area contributed by atoms with E-state index in [1.165, 1.54) is 25.7 Å². The minimum absolute atomic E-state index is 1.14. The van der Waals surface area contributed by atoms with Gasteiger partial charge in [-0.05, 0) is 25.0 Å². The number of hydrogen-bond acceptors (Lipinski definition) is 1. The van der Waals surface area contributed by atoms with Gasteiger partial charge >= 0.3 is 0 Å². The summed E-state index contributed by atoms with van der Waals surface area (Å²) in [5.41, 5.74) is 0. The average molecular weight is 193 g/mol. The number of rotatable bonds is 7. The van der Waals surface area contributed by atoms with Gasteiger partial charge in [0.2, 0.25) is 0 Å². The van der Waals surface area contributed by atoms with Gasteiger partial charge in [0.25, 0.3) is 0 Å². The van der Waals surface area contributed by atoms with Crippen LogP contribution in [0.4, 0.5) is 0 Å². The lowest BCUT2D eigenvalue weighted by Crippen LogP contribution is -2.35. The van der Waals surface area contributed by atoms with Crippen LogP contribution in [0.1, 0.15) is 39.5 Å². The first-order valence-electron chi connectivity index (χ1n) is 5.68. The van der Waals surface area contributed by atoms with Gasteiger partial charge in [0.15, 0.2) is 0 Å². The predicted molar refractivity (Wildman–Crippen MR) is 61.0 cm³/mol. The van der Waals surface area contributed by atoms with Crippen molar-refractivity contribution < 1.29 is 0 Å². The smallest absolute Gasteiger partial charge is 0.0878 e. The number of aromatic nitrogens is 1. The normalized spacial score (nSPS) is 10.4. The Morgan fingerprint density at radius 3 is 2.21 bits per heavy atom. The number of hydrogen-bond donors (Lipinski definition) is 0. The maximum atomic E-state index is 3.20. The zero-order chi connectivity index (χ0) is 10.2. The molecule has 0 N–H and O–H groups in total. The molecule has 1 heterocycles. The molecule has 2 heteroatoms. The van der Waals surface area contributed by atoms with Crippen molar-refractivity contribution >= 4 is 0 Å². The molecule has 1 rings (SSSR count). The first-order valence-corrected chi connectivity index (χ1v) is 5.68. The first kappa shape index (κ1) is 11.2. The van der Waals surface area contributed by atoms with Crippen molar-refractivity contribution in [3.63, 3.8) is 0 Å². The van der Waals surface area contributed by atoms with Gasteiger partial charge in [0.1, 0.15) is 0 Å². The van der Waals surface area contributed by atoms with Gasteiger partial charge in [-0.2, -0.15) is 0 Å². The van der Waals surface area contributed by atoms with Crippen LogP contribution in [-0.2, 0) is 0 Å². The van der Waals surface area contributed by atoms with Crippen molar-refractivity contribution in [2.24, 2.45) is 0 Å². The molecule has 0 amide bonds. The molecule has 14 heavy (non-hydrogen) atoms. The highest BCUT2D eigenvalue weighted by Crippen LogP contribution is 1.99. The molecular formula is C12H21N2. The van der Waals surface area contributed by atoms with Crippen LogP contribution in [0.5, 0.6) is 0 Å². The molecule has 0 saturated carbocycles. The summed E-state index contributed by atoms with van der Waals surface area (Å²) >= 11 is 0. The molecule has 0 aliphatic heterocycles. The maximum absolute atomic E-state index is 3.20. The van der Waals surface area contributed by atoms with Gasteiger partial charge in [0, 0.05) is 19.3 Å². The molecule has 0 saturated heterocycles. The molecule has 1 aromatic rings. The largest absolute Gasteiger partial charge is 0.313 e. The molecule has 0 unspecified atom stereocenters. The van der Waals surface area contributed by atoms with Crippen molar-refractivity contribution in [3.8, 4) is 0 Å². The molecular weight excluding hydrogens is 172 g/mol. The van der Waals surface area contributed by atoms with Crippen molar-refractivity contribution in [1.82, 2.24) is 4.68 Å². The number of nitrogens with zero attached hydrogens (tertiary/aromatic N) is 2. The summed E-state index contributed by atoms with van der Waals surface area (Å²) in [6.45, 7) is 6.75. The second-order valence-electron chi connectivity index (χ2n) is 3.64. The van der Waals surface area contributed by atoms with E-state index in [4.69, 9.17) is 0 Å². The molecule has 0 aliphatic rings. The average Bonchev–Trinajstić information content (AvgIpc) is 2.71. The fourth-order valence-corrected chi connectivity index (χ4v) is 1.47. The third-order valence-electron chi connectivity index (χ3n) is 2.37. The molecule has 1 aromatic heterocycles. The van der Waals surface area contributed by atoms with E-state index in [-0.39, 0.29) is 0 Å². The van der Waals surface area contributed by atoms with Gasteiger partial charge < -0.3 is 5.01 Å². The van der Waals surface area contributed by atoms with Crippen molar-refractivity contribution in [2.75, 3.05) is 18.1 Å². The van der Waals surface area contributed by atoms with Gasteiger partial charge in [0.05, 0.1) is 6.20 Å². The monoisotopic (exact) mass is 193 g/mol. The molecule has 2 nitrogen and oxygen atoms in total. The van der Waals surface area contributed by atoms with Crippen LogP contribution in [0.25, 0.3) is 0 Å². The van der Waals surface area contributed by atoms with Crippen molar-refractivity contribution in [3.05, 3.63) is 24.5 Å². The van der Waals surface area contributed by atoms with Crippen LogP contribution in [-0.4, -0.2) is 17.8 Å². The lowest BCUT2D eigenvalue weighted by atomic mass is 10.3. The highest BCUT2D eigenvalue weighted by Gasteiger charge is 2.02. The van der Waals surface area contributed by atoms with E-state index < -0.39 is 0 Å². The minimum Gasteiger partial charge on any atom is -0.313 e. The predicted octanol–water partition coefficient (Wildman–Crippen LogP) is 2.83. The quantitative estimate of drug-likeness (QED) is 0.646.